The van der Waals surface area contributed by atoms with Gasteiger partial charge < -0.3 is 19.0 Å². The van der Waals surface area contributed by atoms with E-state index < -0.39 is 0 Å². The average molecular weight is 474 g/mol. The summed E-state index contributed by atoms with van der Waals surface area (Å²) in [6.45, 7) is 8.12. The predicted molar refractivity (Wildman–Crippen MR) is 136 cm³/mol. The van der Waals surface area contributed by atoms with Crippen LogP contribution in [0.1, 0.15) is 59.0 Å². The van der Waals surface area contributed by atoms with Crippen molar-refractivity contribution in [3.8, 4) is 0 Å². The quantitative estimate of drug-likeness (QED) is 0.514. The minimum absolute atomic E-state index is 0.0661. The van der Waals surface area contributed by atoms with E-state index in [1.54, 1.807) is 6.26 Å². The summed E-state index contributed by atoms with van der Waals surface area (Å²) in [6, 6.07) is 17.5. The number of likely N-dealkylation sites (tertiary alicyclic amines) is 1. The molecule has 0 bridgehead atoms. The molecule has 0 aliphatic carbocycles. The molecule has 2 aliphatic heterocycles. The summed E-state index contributed by atoms with van der Waals surface area (Å²) < 4.78 is 11.5. The number of aromatic nitrogens is 1. The van der Waals surface area contributed by atoms with E-state index in [2.05, 4.69) is 62.4 Å². The molecule has 2 fully saturated rings. The molecule has 184 valence electrons. The first-order valence-electron chi connectivity index (χ1n) is 12.8. The van der Waals surface area contributed by atoms with Crippen molar-refractivity contribution < 1.29 is 13.9 Å². The van der Waals surface area contributed by atoms with Gasteiger partial charge in [-0.2, -0.15) is 0 Å². The zero-order valence-electron chi connectivity index (χ0n) is 20.8. The molecule has 1 aromatic heterocycles. The highest BCUT2D eigenvalue weighted by Gasteiger charge is 2.36. The van der Waals surface area contributed by atoms with Crippen molar-refractivity contribution in [2.24, 2.45) is 0 Å². The van der Waals surface area contributed by atoms with Crippen LogP contribution in [0.2, 0.25) is 0 Å². The molecule has 0 radical (unpaired) electrons. The van der Waals surface area contributed by atoms with Gasteiger partial charge >= 0.3 is 6.03 Å². The highest BCUT2D eigenvalue weighted by Crippen LogP contribution is 2.36. The Kier molecular flexibility index (Phi) is 7.19. The molecule has 3 aromatic rings. The molecule has 2 atom stereocenters. The summed E-state index contributed by atoms with van der Waals surface area (Å²) in [6.07, 6.45) is 4.47. The van der Waals surface area contributed by atoms with Gasteiger partial charge in [-0.1, -0.05) is 61.0 Å². The number of hydrogen-bond acceptors (Lipinski definition) is 4. The number of urea groups is 1. The van der Waals surface area contributed by atoms with Crippen LogP contribution in [0, 0.1) is 6.92 Å². The van der Waals surface area contributed by atoms with E-state index in [9.17, 15) is 4.79 Å². The number of carbonyl (C=O) groups excluding carboxylic acids is 1. The molecule has 2 unspecified atom stereocenters. The maximum absolute atomic E-state index is 13.4. The Bertz CT molecular complexity index is 1120. The first-order chi connectivity index (χ1) is 17.1. The SMILES string of the molecule is CCc1ccc(C2CC(c3nc(Cc4ccc(C)cc4)co3)CN(C(=O)N3CCOCC3)C2)cc1. The second-order valence-corrected chi connectivity index (χ2v) is 9.85. The van der Waals surface area contributed by atoms with Crippen LogP contribution >= 0.6 is 0 Å². The highest BCUT2D eigenvalue weighted by atomic mass is 16.5. The van der Waals surface area contributed by atoms with Gasteiger partial charge in [0.2, 0.25) is 0 Å². The summed E-state index contributed by atoms with van der Waals surface area (Å²) >= 11 is 0. The second-order valence-electron chi connectivity index (χ2n) is 9.85. The molecule has 2 aromatic carbocycles. The number of amides is 2. The van der Waals surface area contributed by atoms with E-state index in [-0.39, 0.29) is 17.9 Å². The number of aryl methyl sites for hydroxylation is 2. The lowest BCUT2D eigenvalue weighted by Gasteiger charge is -2.40. The monoisotopic (exact) mass is 473 g/mol. The maximum Gasteiger partial charge on any atom is 0.320 e. The number of nitrogens with zero attached hydrogens (tertiary/aromatic N) is 3. The van der Waals surface area contributed by atoms with Gasteiger partial charge in [0, 0.05) is 38.5 Å². The largest absolute Gasteiger partial charge is 0.448 e. The Morgan fingerprint density at radius 3 is 2.34 bits per heavy atom. The number of carbonyl (C=O) groups is 1. The average Bonchev–Trinajstić information content (AvgIpc) is 3.38. The van der Waals surface area contributed by atoms with Crippen molar-refractivity contribution >= 4 is 6.03 Å². The lowest BCUT2D eigenvalue weighted by atomic mass is 9.84. The normalized spacial score (nSPS) is 20.7. The fourth-order valence-electron chi connectivity index (χ4n) is 5.16. The third-order valence-electron chi connectivity index (χ3n) is 7.29. The summed E-state index contributed by atoms with van der Waals surface area (Å²) in [5.41, 5.74) is 6.01. The number of ether oxygens (including phenoxy) is 1. The molecule has 35 heavy (non-hydrogen) atoms. The van der Waals surface area contributed by atoms with E-state index >= 15 is 0 Å². The zero-order valence-corrected chi connectivity index (χ0v) is 20.8. The number of morpholine rings is 1. The molecule has 0 N–H and O–H groups in total. The molecule has 0 saturated carbocycles. The molecule has 5 rings (SSSR count). The number of piperidine rings is 1. The Hall–Kier alpha value is -3.12. The van der Waals surface area contributed by atoms with Crippen molar-refractivity contribution in [2.45, 2.75) is 44.9 Å². The molecule has 6 nitrogen and oxygen atoms in total. The van der Waals surface area contributed by atoms with Crippen LogP contribution in [0.15, 0.2) is 59.2 Å². The van der Waals surface area contributed by atoms with E-state index in [1.165, 1.54) is 22.3 Å². The smallest absolute Gasteiger partial charge is 0.320 e. The van der Waals surface area contributed by atoms with Gasteiger partial charge in [0.15, 0.2) is 5.89 Å². The Labute approximate surface area is 207 Å². The Morgan fingerprint density at radius 2 is 1.63 bits per heavy atom. The Morgan fingerprint density at radius 1 is 0.943 bits per heavy atom. The minimum atomic E-state index is 0.0661. The third kappa shape index (κ3) is 5.59. The van der Waals surface area contributed by atoms with Crippen LogP contribution < -0.4 is 0 Å². The fourth-order valence-corrected chi connectivity index (χ4v) is 5.16. The molecular formula is C29H35N3O3. The van der Waals surface area contributed by atoms with Crippen molar-refractivity contribution in [3.05, 3.63) is 88.6 Å². The number of oxazole rings is 1. The highest BCUT2D eigenvalue weighted by molar-refractivity contribution is 5.75. The van der Waals surface area contributed by atoms with Crippen LogP contribution in [0.5, 0.6) is 0 Å². The molecular weight excluding hydrogens is 438 g/mol. The van der Waals surface area contributed by atoms with Crippen LogP contribution in [0.25, 0.3) is 0 Å². The first kappa shape index (κ1) is 23.6. The summed E-state index contributed by atoms with van der Waals surface area (Å²) in [5.74, 6) is 1.05. The van der Waals surface area contributed by atoms with E-state index in [0.717, 1.165) is 37.4 Å². The molecule has 0 spiro atoms. The van der Waals surface area contributed by atoms with Gasteiger partial charge in [0.1, 0.15) is 6.26 Å². The number of benzene rings is 2. The van der Waals surface area contributed by atoms with Gasteiger partial charge in [0.25, 0.3) is 0 Å². The molecule has 2 aliphatic rings. The minimum Gasteiger partial charge on any atom is -0.448 e. The summed E-state index contributed by atoms with van der Waals surface area (Å²) in [5, 5.41) is 0. The maximum atomic E-state index is 13.4. The lowest BCUT2D eigenvalue weighted by Crippen LogP contribution is -2.52. The van der Waals surface area contributed by atoms with Crippen LogP contribution in [-0.4, -0.2) is 60.2 Å². The van der Waals surface area contributed by atoms with E-state index in [4.69, 9.17) is 14.1 Å². The topological polar surface area (TPSA) is 58.8 Å². The third-order valence-corrected chi connectivity index (χ3v) is 7.29. The fraction of sp³-hybridized carbons (Fsp3) is 0.448. The van der Waals surface area contributed by atoms with Crippen LogP contribution in [0.3, 0.4) is 0 Å². The van der Waals surface area contributed by atoms with Crippen molar-refractivity contribution in [3.63, 3.8) is 0 Å². The lowest BCUT2D eigenvalue weighted by molar-refractivity contribution is 0.0393. The van der Waals surface area contributed by atoms with Crippen molar-refractivity contribution in [1.82, 2.24) is 14.8 Å². The first-order valence-corrected chi connectivity index (χ1v) is 12.8. The van der Waals surface area contributed by atoms with Gasteiger partial charge in [-0.05, 0) is 36.5 Å². The molecule has 3 heterocycles. The van der Waals surface area contributed by atoms with Gasteiger partial charge in [-0.15, -0.1) is 0 Å². The Balaban J connectivity index is 1.36. The zero-order chi connectivity index (χ0) is 24.2. The molecule has 2 amide bonds. The van der Waals surface area contributed by atoms with Crippen molar-refractivity contribution in [2.75, 3.05) is 39.4 Å². The van der Waals surface area contributed by atoms with E-state index in [1.807, 2.05) is 9.80 Å². The molecule has 6 heteroatoms. The van der Waals surface area contributed by atoms with E-state index in [0.29, 0.717) is 32.8 Å². The summed E-state index contributed by atoms with van der Waals surface area (Å²) in [7, 11) is 0. The van der Waals surface area contributed by atoms with Crippen LogP contribution in [-0.2, 0) is 17.6 Å². The predicted octanol–water partition coefficient (Wildman–Crippen LogP) is 5.16. The van der Waals surface area contributed by atoms with Gasteiger partial charge in [-0.3, -0.25) is 0 Å². The second kappa shape index (κ2) is 10.6. The van der Waals surface area contributed by atoms with Gasteiger partial charge in [0.05, 0.1) is 24.8 Å². The number of hydrogen-bond donors (Lipinski definition) is 0. The molecule has 2 saturated heterocycles. The number of rotatable bonds is 5. The van der Waals surface area contributed by atoms with Crippen LogP contribution in [0.4, 0.5) is 4.79 Å². The summed E-state index contributed by atoms with van der Waals surface area (Å²) in [4.78, 5) is 22.2. The van der Waals surface area contributed by atoms with Gasteiger partial charge in [-0.25, -0.2) is 9.78 Å². The standard InChI is InChI=1S/C29H35N3O3/c1-3-22-8-10-24(11-9-22)25-17-26(19-32(18-25)29(33)31-12-14-34-15-13-31)28-30-27(20-35-28)16-23-6-4-21(2)5-7-23/h4-11,20,25-26H,3,12-19H2,1-2H3. The van der Waals surface area contributed by atoms with Crippen molar-refractivity contribution in [1.29, 1.82) is 0 Å².